The van der Waals surface area contributed by atoms with E-state index in [2.05, 4.69) is 44.4 Å². The Balaban J connectivity index is 1.25. The first kappa shape index (κ1) is 33.2. The Hall–Kier alpha value is -4.27. The number of carbonyl (C=O) groups is 1. The summed E-state index contributed by atoms with van der Waals surface area (Å²) in [5.74, 6) is -1.01. The van der Waals surface area contributed by atoms with Gasteiger partial charge in [-0.25, -0.2) is 4.98 Å². The molecule has 3 heterocycles. The van der Waals surface area contributed by atoms with Gasteiger partial charge in [0, 0.05) is 38.1 Å². The lowest BCUT2D eigenvalue weighted by Crippen LogP contribution is -2.51. The number of halogens is 3. The number of fused-ring (bicyclic) bond motifs is 4. The molecule has 7 rings (SSSR count). The van der Waals surface area contributed by atoms with E-state index in [0.29, 0.717) is 47.0 Å². The Labute approximate surface area is 282 Å². The van der Waals surface area contributed by atoms with E-state index in [4.69, 9.17) is 9.97 Å². The molecule has 2 aliphatic carbocycles. The largest absolute Gasteiger partial charge is 0.471 e. The molecule has 1 amide bonds. The highest BCUT2D eigenvalue weighted by atomic mass is 19.4. The number of nitrogens with zero attached hydrogens (tertiary/aromatic N) is 7. The molecule has 4 aromatic rings. The quantitative estimate of drug-likeness (QED) is 0.241. The van der Waals surface area contributed by atoms with Crippen molar-refractivity contribution < 1.29 is 28.2 Å². The van der Waals surface area contributed by atoms with Gasteiger partial charge in [0.15, 0.2) is 17.0 Å². The van der Waals surface area contributed by atoms with Gasteiger partial charge in [0.1, 0.15) is 12.2 Å². The van der Waals surface area contributed by atoms with E-state index in [-0.39, 0.29) is 25.3 Å². The smallest absolute Gasteiger partial charge is 0.388 e. The molecule has 260 valence electrons. The van der Waals surface area contributed by atoms with Crippen LogP contribution in [-0.4, -0.2) is 116 Å². The molecule has 0 radical (unpaired) electrons. The van der Waals surface area contributed by atoms with E-state index >= 15 is 0 Å². The Morgan fingerprint density at radius 3 is 2.31 bits per heavy atom. The van der Waals surface area contributed by atoms with Gasteiger partial charge < -0.3 is 34.8 Å². The van der Waals surface area contributed by atoms with Gasteiger partial charge in [-0.05, 0) is 55.6 Å². The number of hydrogen-bond donors (Lipinski definition) is 3. The molecule has 11 nitrogen and oxygen atoms in total. The van der Waals surface area contributed by atoms with Gasteiger partial charge in [-0.1, -0.05) is 55.5 Å². The molecule has 1 aliphatic heterocycles. The van der Waals surface area contributed by atoms with Crippen LogP contribution >= 0.6 is 0 Å². The fraction of sp³-hybridized carbons (Fsp3) is 0.486. The number of rotatable bonds is 9. The lowest BCUT2D eigenvalue weighted by molar-refractivity contribution is -0.190. The third-order valence-corrected chi connectivity index (χ3v) is 10.4. The highest BCUT2D eigenvalue weighted by molar-refractivity contribution is 5.85. The summed E-state index contributed by atoms with van der Waals surface area (Å²) in [4.78, 5) is 31.8. The molecular weight excluding hydrogens is 637 g/mol. The molecule has 5 atom stereocenters. The van der Waals surface area contributed by atoms with Crippen LogP contribution in [-0.2, 0) is 4.79 Å². The van der Waals surface area contributed by atoms with Gasteiger partial charge >= 0.3 is 12.1 Å². The number of nitrogens with one attached hydrogen (secondary N) is 1. The van der Waals surface area contributed by atoms with Crippen LogP contribution in [0.15, 0.2) is 54.9 Å². The molecule has 1 saturated heterocycles. The van der Waals surface area contributed by atoms with Crippen LogP contribution in [0.4, 0.5) is 24.9 Å². The molecule has 2 aromatic carbocycles. The van der Waals surface area contributed by atoms with E-state index in [1.54, 1.807) is 11.5 Å². The average molecular weight is 679 g/mol. The van der Waals surface area contributed by atoms with Crippen LogP contribution < -0.4 is 10.2 Å². The molecule has 0 bridgehead atoms. The van der Waals surface area contributed by atoms with Crippen molar-refractivity contribution in [3.8, 4) is 11.1 Å². The summed E-state index contributed by atoms with van der Waals surface area (Å²) in [5, 5.41) is 25.8. The summed E-state index contributed by atoms with van der Waals surface area (Å²) in [6.45, 7) is 3.40. The van der Waals surface area contributed by atoms with Crippen molar-refractivity contribution in [3.05, 3.63) is 66.0 Å². The predicted octanol–water partition coefficient (Wildman–Crippen LogP) is 4.03. The zero-order valence-corrected chi connectivity index (χ0v) is 27.7. The summed E-state index contributed by atoms with van der Waals surface area (Å²) >= 11 is 0. The number of amides is 1. The second kappa shape index (κ2) is 12.9. The molecular formula is C35H41F3N8O3. The third kappa shape index (κ3) is 5.89. The number of aliphatic hydroxyl groups is 2. The lowest BCUT2D eigenvalue weighted by atomic mass is 9.97. The number of hydrogen-bond acceptors (Lipinski definition) is 9. The minimum atomic E-state index is -5.11. The maximum absolute atomic E-state index is 13.6. The first-order valence-corrected chi connectivity index (χ1v) is 16.8. The average Bonchev–Trinajstić information content (AvgIpc) is 3.87. The summed E-state index contributed by atoms with van der Waals surface area (Å²) < 4.78 is 42.3. The molecule has 2 aromatic heterocycles. The van der Waals surface area contributed by atoms with Crippen LogP contribution in [0, 0.1) is 0 Å². The summed E-state index contributed by atoms with van der Waals surface area (Å²) in [5.41, 5.74) is 5.63. The van der Waals surface area contributed by atoms with Crippen molar-refractivity contribution in [2.45, 2.75) is 68.6 Å². The normalized spacial score (nSPS) is 23.8. The molecule has 1 saturated carbocycles. The zero-order chi connectivity index (χ0) is 34.6. The third-order valence-electron chi connectivity index (χ3n) is 10.4. The van der Waals surface area contributed by atoms with Crippen LogP contribution in [0.1, 0.15) is 49.3 Å². The zero-order valence-electron chi connectivity index (χ0n) is 27.7. The van der Waals surface area contributed by atoms with Gasteiger partial charge in [0.25, 0.3) is 0 Å². The summed E-state index contributed by atoms with van der Waals surface area (Å²) in [6.07, 6.45) is -5.62. The molecule has 2 fully saturated rings. The fourth-order valence-corrected chi connectivity index (χ4v) is 7.83. The Kier molecular flexibility index (Phi) is 8.74. The van der Waals surface area contributed by atoms with E-state index in [1.165, 1.54) is 28.6 Å². The Morgan fingerprint density at radius 1 is 1.02 bits per heavy atom. The second-order valence-electron chi connectivity index (χ2n) is 13.5. The number of benzene rings is 2. The highest BCUT2D eigenvalue weighted by Crippen LogP contribution is 2.45. The van der Waals surface area contributed by atoms with E-state index in [1.807, 2.05) is 38.4 Å². The van der Waals surface area contributed by atoms with Crippen molar-refractivity contribution in [1.82, 2.24) is 29.3 Å². The number of imidazole rings is 1. The van der Waals surface area contributed by atoms with E-state index in [9.17, 15) is 28.2 Å². The second-order valence-corrected chi connectivity index (χ2v) is 13.5. The highest BCUT2D eigenvalue weighted by Gasteiger charge is 2.51. The van der Waals surface area contributed by atoms with Gasteiger partial charge in [-0.15, -0.1) is 0 Å². The number of likely N-dealkylation sites (N-methyl/N-ethyl adjacent to an activating group) is 1. The monoisotopic (exact) mass is 678 g/mol. The van der Waals surface area contributed by atoms with Crippen molar-refractivity contribution in [1.29, 1.82) is 0 Å². The van der Waals surface area contributed by atoms with Gasteiger partial charge in [-0.3, -0.25) is 4.79 Å². The number of anilines is 2. The molecule has 49 heavy (non-hydrogen) atoms. The van der Waals surface area contributed by atoms with Crippen molar-refractivity contribution in [2.75, 3.05) is 50.5 Å². The number of carbonyl (C=O) groups excluding carboxylic acids is 1. The predicted molar refractivity (Wildman–Crippen MR) is 179 cm³/mol. The van der Waals surface area contributed by atoms with Gasteiger partial charge in [-0.2, -0.15) is 23.1 Å². The first-order valence-electron chi connectivity index (χ1n) is 16.8. The lowest BCUT2D eigenvalue weighted by Gasteiger charge is -2.31. The molecule has 0 spiro atoms. The SMILES string of the molecule is CCCN(C(=O)C(F)(F)F)[C@H]1C[C@@H](n2cnc3c(NCC4c5ccccc5-c5ccccc54)nc(N4CC[C@@H](N(C)C)C4)nc32)[C@H](O)[C@@H]1O. The van der Waals surface area contributed by atoms with Crippen molar-refractivity contribution >= 4 is 28.8 Å². The van der Waals surface area contributed by atoms with Crippen LogP contribution in [0.25, 0.3) is 22.3 Å². The molecule has 14 heteroatoms. The topological polar surface area (TPSA) is 123 Å². The van der Waals surface area contributed by atoms with Crippen LogP contribution in [0.2, 0.25) is 0 Å². The summed E-state index contributed by atoms with van der Waals surface area (Å²) in [7, 11) is 4.07. The number of alkyl halides is 3. The van der Waals surface area contributed by atoms with Crippen LogP contribution in [0.3, 0.4) is 0 Å². The maximum Gasteiger partial charge on any atom is 0.471 e. The molecule has 0 unspecified atom stereocenters. The minimum Gasteiger partial charge on any atom is -0.388 e. The molecule has 3 aliphatic rings. The molecule has 3 N–H and O–H groups in total. The minimum absolute atomic E-state index is 0.0520. The Bertz CT molecular complexity index is 1800. The van der Waals surface area contributed by atoms with Crippen molar-refractivity contribution in [2.24, 2.45) is 0 Å². The summed E-state index contributed by atoms with van der Waals surface area (Å²) in [6, 6.07) is 14.8. The van der Waals surface area contributed by atoms with Gasteiger partial charge in [0.05, 0.1) is 18.4 Å². The van der Waals surface area contributed by atoms with Crippen molar-refractivity contribution in [3.63, 3.8) is 0 Å². The number of aliphatic hydroxyl groups excluding tert-OH is 2. The first-order chi connectivity index (χ1) is 23.5. The maximum atomic E-state index is 13.6. The Morgan fingerprint density at radius 2 is 1.69 bits per heavy atom. The van der Waals surface area contributed by atoms with Crippen LogP contribution in [0.5, 0.6) is 0 Å². The van der Waals surface area contributed by atoms with E-state index < -0.39 is 36.4 Å². The standard InChI is InChI=1S/C35H41F3N8O3/c1-4-14-45(33(49)35(36,37)38)26-16-27(30(48)29(26)47)46-19-40-28-31(41-34(42-32(28)46)44-15-13-20(18-44)43(2)3)39-17-25-23-11-7-5-9-21(23)22-10-6-8-12-24(22)25/h5-12,19-20,25-27,29-30,47-48H,4,13-18H2,1-3H3,(H,39,41,42)/t20-,26+,27-,29-,30+/m1/s1. The van der Waals surface area contributed by atoms with E-state index in [0.717, 1.165) is 13.0 Å². The number of aromatic nitrogens is 4. The fourth-order valence-electron chi connectivity index (χ4n) is 7.83. The van der Waals surface area contributed by atoms with Gasteiger partial charge in [0.2, 0.25) is 5.95 Å².